The lowest BCUT2D eigenvalue weighted by Gasteiger charge is -2.16. The fraction of sp³-hybridized carbons (Fsp3) is 0.176. The monoisotopic (exact) mass is 396 g/mol. The zero-order valence-corrected chi connectivity index (χ0v) is 15.6. The Morgan fingerprint density at radius 1 is 1.08 bits per heavy atom. The van der Waals surface area contributed by atoms with Crippen LogP contribution in [0.25, 0.3) is 0 Å². The number of hydrogen-bond donors (Lipinski definition) is 2. The number of nitrogens with one attached hydrogen (secondary N) is 2. The number of esters is 1. The van der Waals surface area contributed by atoms with Gasteiger partial charge < -0.3 is 10.1 Å². The highest BCUT2D eigenvalue weighted by Crippen LogP contribution is 2.17. The summed E-state index contributed by atoms with van der Waals surface area (Å²) in [5.41, 5.74) is 0.387. The summed E-state index contributed by atoms with van der Waals surface area (Å²) in [6.45, 7) is 1.39. The van der Waals surface area contributed by atoms with Crippen molar-refractivity contribution in [2.24, 2.45) is 0 Å². The molecule has 0 bridgehead atoms. The molecule has 0 saturated heterocycles. The molecule has 0 spiro atoms. The third-order valence-corrected chi connectivity index (χ3v) is 5.25. The van der Waals surface area contributed by atoms with Crippen molar-refractivity contribution in [1.82, 2.24) is 4.72 Å². The molecule has 0 radical (unpaired) electrons. The highest BCUT2D eigenvalue weighted by atomic mass is 35.5. The van der Waals surface area contributed by atoms with E-state index < -0.39 is 27.9 Å². The average molecular weight is 397 g/mol. The fourth-order valence-corrected chi connectivity index (χ4v) is 3.42. The molecule has 0 aliphatic heterocycles. The van der Waals surface area contributed by atoms with E-state index >= 15 is 0 Å². The second-order valence-electron chi connectivity index (χ2n) is 5.32. The minimum Gasteiger partial charge on any atom is -0.465 e. The maximum Gasteiger partial charge on any atom is 0.339 e. The lowest BCUT2D eigenvalue weighted by molar-refractivity contribution is -0.117. The van der Waals surface area contributed by atoms with Gasteiger partial charge in [0.15, 0.2) is 0 Å². The van der Waals surface area contributed by atoms with Crippen LogP contribution in [0.3, 0.4) is 0 Å². The standard InChI is InChI=1S/C17H17ClN2O5S/c1-11(20-26(23,24)13-9-7-12(18)8-10-13)16(21)19-15-6-4-3-5-14(15)17(22)25-2/h3-11,20H,1-2H3,(H,19,21)/t11-/m1/s1. The number of benzene rings is 2. The van der Waals surface area contributed by atoms with Crippen LogP contribution in [-0.2, 0) is 19.6 Å². The lowest BCUT2D eigenvalue weighted by Crippen LogP contribution is -2.41. The Bertz CT molecular complexity index is 913. The maximum atomic E-state index is 12.3. The zero-order chi connectivity index (χ0) is 19.3. The predicted molar refractivity (Wildman–Crippen MR) is 97.6 cm³/mol. The minimum absolute atomic E-state index is 0.0171. The summed E-state index contributed by atoms with van der Waals surface area (Å²) in [5, 5.41) is 2.92. The Morgan fingerprint density at radius 2 is 1.69 bits per heavy atom. The molecule has 0 unspecified atom stereocenters. The largest absolute Gasteiger partial charge is 0.465 e. The van der Waals surface area contributed by atoms with Crippen molar-refractivity contribution < 1.29 is 22.7 Å². The van der Waals surface area contributed by atoms with E-state index in [0.717, 1.165) is 0 Å². The molecule has 7 nitrogen and oxygen atoms in total. The van der Waals surface area contributed by atoms with Crippen molar-refractivity contribution in [3.05, 3.63) is 59.1 Å². The van der Waals surface area contributed by atoms with Crippen LogP contribution in [0.1, 0.15) is 17.3 Å². The molecular formula is C17H17ClN2O5S. The van der Waals surface area contributed by atoms with Gasteiger partial charge in [0.2, 0.25) is 15.9 Å². The van der Waals surface area contributed by atoms with E-state index in [2.05, 4.69) is 14.8 Å². The molecule has 0 heterocycles. The van der Waals surface area contributed by atoms with Crippen molar-refractivity contribution in [2.75, 3.05) is 12.4 Å². The second kappa shape index (κ2) is 8.31. The number of ether oxygens (including phenoxy) is 1. The van der Waals surface area contributed by atoms with Gasteiger partial charge >= 0.3 is 5.97 Å². The summed E-state index contributed by atoms with van der Waals surface area (Å²) in [7, 11) is -2.68. The summed E-state index contributed by atoms with van der Waals surface area (Å²) >= 11 is 5.74. The molecule has 0 aliphatic carbocycles. The third kappa shape index (κ3) is 4.81. The Labute approximate surface area is 156 Å². The van der Waals surface area contributed by atoms with Gasteiger partial charge in [0.25, 0.3) is 0 Å². The van der Waals surface area contributed by atoms with Crippen molar-refractivity contribution in [3.63, 3.8) is 0 Å². The molecule has 2 aromatic rings. The number of sulfonamides is 1. The van der Waals surface area contributed by atoms with Crippen LogP contribution >= 0.6 is 11.6 Å². The summed E-state index contributed by atoms with van der Waals surface area (Å²) in [6.07, 6.45) is 0. The molecule has 0 fully saturated rings. The van der Waals surface area contributed by atoms with Gasteiger partial charge in [-0.2, -0.15) is 4.72 Å². The Morgan fingerprint density at radius 3 is 2.31 bits per heavy atom. The van der Waals surface area contributed by atoms with Crippen molar-refractivity contribution >= 4 is 39.2 Å². The molecule has 9 heteroatoms. The van der Waals surface area contributed by atoms with Crippen molar-refractivity contribution in [3.8, 4) is 0 Å². The SMILES string of the molecule is COC(=O)c1ccccc1NC(=O)[C@@H](C)NS(=O)(=O)c1ccc(Cl)cc1. The first kappa shape index (κ1) is 19.9. The van der Waals surface area contributed by atoms with E-state index in [0.29, 0.717) is 5.02 Å². The molecule has 2 N–H and O–H groups in total. The minimum atomic E-state index is -3.91. The Hall–Kier alpha value is -2.42. The molecule has 2 rings (SSSR count). The van der Waals surface area contributed by atoms with Crippen LogP contribution in [0.5, 0.6) is 0 Å². The number of anilines is 1. The quantitative estimate of drug-likeness (QED) is 0.730. The average Bonchev–Trinajstić information content (AvgIpc) is 2.61. The molecule has 138 valence electrons. The van der Waals surface area contributed by atoms with Crippen LogP contribution in [0.2, 0.25) is 5.02 Å². The smallest absolute Gasteiger partial charge is 0.339 e. The second-order valence-corrected chi connectivity index (χ2v) is 7.47. The number of carbonyl (C=O) groups is 2. The molecule has 1 amide bonds. The van der Waals surface area contributed by atoms with Gasteiger partial charge in [0, 0.05) is 5.02 Å². The number of hydrogen-bond acceptors (Lipinski definition) is 5. The number of halogens is 1. The van der Waals surface area contributed by atoms with E-state index in [9.17, 15) is 18.0 Å². The van der Waals surface area contributed by atoms with Gasteiger partial charge in [-0.25, -0.2) is 13.2 Å². The Balaban J connectivity index is 2.13. The van der Waals surface area contributed by atoms with E-state index in [4.69, 9.17) is 11.6 Å². The van der Waals surface area contributed by atoms with Gasteiger partial charge in [0.05, 0.1) is 29.3 Å². The normalized spacial score (nSPS) is 12.3. The first-order valence-electron chi connectivity index (χ1n) is 7.50. The molecule has 0 saturated carbocycles. The molecule has 26 heavy (non-hydrogen) atoms. The Kier molecular flexibility index (Phi) is 6.36. The highest BCUT2D eigenvalue weighted by Gasteiger charge is 2.23. The van der Waals surface area contributed by atoms with E-state index in [1.807, 2.05) is 0 Å². The van der Waals surface area contributed by atoms with E-state index in [-0.39, 0.29) is 16.1 Å². The summed E-state index contributed by atoms with van der Waals surface area (Å²) in [6, 6.07) is 10.7. The highest BCUT2D eigenvalue weighted by molar-refractivity contribution is 7.89. The van der Waals surface area contributed by atoms with Crippen LogP contribution in [0, 0.1) is 0 Å². The maximum absolute atomic E-state index is 12.3. The number of para-hydroxylation sites is 1. The first-order valence-corrected chi connectivity index (χ1v) is 9.37. The van der Waals surface area contributed by atoms with Gasteiger partial charge in [-0.1, -0.05) is 23.7 Å². The predicted octanol–water partition coefficient (Wildman–Crippen LogP) is 2.43. The number of methoxy groups -OCH3 is 1. The van der Waals surface area contributed by atoms with E-state index in [1.165, 1.54) is 50.4 Å². The number of rotatable bonds is 6. The van der Waals surface area contributed by atoms with Crippen LogP contribution in [0.4, 0.5) is 5.69 Å². The van der Waals surface area contributed by atoms with Crippen LogP contribution in [-0.4, -0.2) is 33.4 Å². The van der Waals surface area contributed by atoms with Crippen LogP contribution < -0.4 is 10.0 Å². The van der Waals surface area contributed by atoms with Crippen molar-refractivity contribution in [1.29, 1.82) is 0 Å². The first-order chi connectivity index (χ1) is 12.2. The third-order valence-electron chi connectivity index (χ3n) is 3.44. The molecule has 0 aliphatic rings. The zero-order valence-electron chi connectivity index (χ0n) is 14.0. The lowest BCUT2D eigenvalue weighted by atomic mass is 10.1. The fourth-order valence-electron chi connectivity index (χ4n) is 2.09. The molecule has 0 aromatic heterocycles. The van der Waals surface area contributed by atoms with Gasteiger partial charge in [-0.3, -0.25) is 4.79 Å². The summed E-state index contributed by atoms with van der Waals surface area (Å²) in [4.78, 5) is 24.0. The number of amides is 1. The van der Waals surface area contributed by atoms with E-state index in [1.54, 1.807) is 12.1 Å². The van der Waals surface area contributed by atoms with Crippen LogP contribution in [0.15, 0.2) is 53.4 Å². The summed E-state index contributed by atoms with van der Waals surface area (Å²) in [5.74, 6) is -1.24. The van der Waals surface area contributed by atoms with Gasteiger partial charge in [0.1, 0.15) is 0 Å². The molecule has 2 aromatic carbocycles. The number of carbonyl (C=O) groups excluding carboxylic acids is 2. The molecular weight excluding hydrogens is 380 g/mol. The van der Waals surface area contributed by atoms with Gasteiger partial charge in [-0.15, -0.1) is 0 Å². The summed E-state index contributed by atoms with van der Waals surface area (Å²) < 4.78 is 31.6. The molecule has 1 atom stereocenters. The van der Waals surface area contributed by atoms with Gasteiger partial charge in [-0.05, 0) is 43.3 Å². The van der Waals surface area contributed by atoms with Crippen molar-refractivity contribution in [2.45, 2.75) is 17.9 Å². The topological polar surface area (TPSA) is 102 Å².